The molecule has 1 aliphatic carbocycles. The van der Waals surface area contributed by atoms with Gasteiger partial charge in [0.1, 0.15) is 0 Å². The van der Waals surface area contributed by atoms with E-state index in [1.165, 1.54) is 42.5 Å². The van der Waals surface area contributed by atoms with Gasteiger partial charge in [0.15, 0.2) is 0 Å². The highest BCUT2D eigenvalue weighted by molar-refractivity contribution is 7.10. The largest absolute Gasteiger partial charge is 0.309 e. The number of hydrogen-bond acceptors (Lipinski definition) is 2. The zero-order valence-corrected chi connectivity index (χ0v) is 9.70. The topological polar surface area (TPSA) is 12.0 Å². The summed E-state index contributed by atoms with van der Waals surface area (Å²) >= 11 is 1.88. The minimum atomic E-state index is 0.783. The van der Waals surface area contributed by atoms with E-state index in [1.807, 2.05) is 11.3 Å². The maximum Gasteiger partial charge on any atom is 0.0304 e. The third kappa shape index (κ3) is 2.58. The molecule has 0 spiro atoms. The van der Waals surface area contributed by atoms with Crippen LogP contribution in [0.5, 0.6) is 0 Å². The summed E-state index contributed by atoms with van der Waals surface area (Å²) in [5.74, 6) is 0. The molecule has 0 saturated heterocycles. The first-order valence-corrected chi connectivity index (χ1v) is 6.50. The summed E-state index contributed by atoms with van der Waals surface area (Å²) < 4.78 is 0. The molecule has 1 aromatic heterocycles. The van der Waals surface area contributed by atoms with E-state index in [1.54, 1.807) is 0 Å². The average molecular weight is 209 g/mol. The Morgan fingerprint density at radius 3 is 2.79 bits per heavy atom. The van der Waals surface area contributed by atoms with Crippen LogP contribution in [-0.4, -0.2) is 6.04 Å². The van der Waals surface area contributed by atoms with Crippen LogP contribution in [0, 0.1) is 6.92 Å². The highest BCUT2D eigenvalue weighted by atomic mass is 32.1. The first-order chi connectivity index (χ1) is 6.86. The van der Waals surface area contributed by atoms with E-state index in [2.05, 4.69) is 23.7 Å². The molecule has 14 heavy (non-hydrogen) atoms. The first kappa shape index (κ1) is 10.2. The van der Waals surface area contributed by atoms with Crippen LogP contribution in [0.15, 0.2) is 11.4 Å². The number of aryl methyl sites for hydroxylation is 1. The molecule has 1 fully saturated rings. The van der Waals surface area contributed by atoms with Crippen LogP contribution >= 0.6 is 11.3 Å². The molecule has 1 saturated carbocycles. The van der Waals surface area contributed by atoms with Crippen LogP contribution in [0.4, 0.5) is 0 Å². The Bertz CT molecular complexity index is 274. The molecule has 0 unspecified atom stereocenters. The lowest BCUT2D eigenvalue weighted by atomic mass is 9.95. The minimum absolute atomic E-state index is 0.783. The van der Waals surface area contributed by atoms with Crippen molar-refractivity contribution in [1.82, 2.24) is 5.32 Å². The summed E-state index contributed by atoms with van der Waals surface area (Å²) in [4.78, 5) is 1.51. The smallest absolute Gasteiger partial charge is 0.0304 e. The number of hydrogen-bond donors (Lipinski definition) is 1. The lowest BCUT2D eigenvalue weighted by Crippen LogP contribution is -2.30. The van der Waals surface area contributed by atoms with Crippen LogP contribution < -0.4 is 5.32 Å². The Labute approximate surface area is 90.5 Å². The van der Waals surface area contributed by atoms with Crippen LogP contribution in [0.25, 0.3) is 0 Å². The first-order valence-electron chi connectivity index (χ1n) is 5.62. The molecule has 0 bridgehead atoms. The van der Waals surface area contributed by atoms with E-state index in [0.29, 0.717) is 0 Å². The molecule has 78 valence electrons. The van der Waals surface area contributed by atoms with E-state index in [0.717, 1.165) is 12.6 Å². The second-order valence-electron chi connectivity index (χ2n) is 4.24. The fourth-order valence-electron chi connectivity index (χ4n) is 2.13. The van der Waals surface area contributed by atoms with E-state index >= 15 is 0 Å². The van der Waals surface area contributed by atoms with Crippen molar-refractivity contribution in [1.29, 1.82) is 0 Å². The van der Waals surface area contributed by atoms with Gasteiger partial charge in [-0.05, 0) is 36.8 Å². The van der Waals surface area contributed by atoms with Gasteiger partial charge in [-0.2, -0.15) is 0 Å². The summed E-state index contributed by atoms with van der Waals surface area (Å²) in [5, 5.41) is 5.86. The Morgan fingerprint density at radius 1 is 1.36 bits per heavy atom. The maximum atomic E-state index is 3.68. The lowest BCUT2D eigenvalue weighted by molar-refractivity contribution is 0.373. The fraction of sp³-hybridized carbons (Fsp3) is 0.667. The fourth-order valence-corrected chi connectivity index (χ4v) is 2.99. The Morgan fingerprint density at radius 2 is 2.14 bits per heavy atom. The number of thiophene rings is 1. The second kappa shape index (κ2) is 4.94. The standard InChI is InChI=1S/C12H19NS/c1-10-7-8-14-12(10)9-13-11-5-3-2-4-6-11/h7-8,11,13H,2-6,9H2,1H3. The van der Waals surface area contributed by atoms with Gasteiger partial charge in [-0.15, -0.1) is 11.3 Å². The van der Waals surface area contributed by atoms with Crippen LogP contribution in [0.1, 0.15) is 42.5 Å². The highest BCUT2D eigenvalue weighted by Gasteiger charge is 2.12. The maximum absolute atomic E-state index is 3.68. The van der Waals surface area contributed by atoms with Crippen molar-refractivity contribution in [3.8, 4) is 0 Å². The van der Waals surface area contributed by atoms with Gasteiger partial charge >= 0.3 is 0 Å². The molecule has 1 N–H and O–H groups in total. The third-order valence-corrected chi connectivity index (χ3v) is 4.15. The molecule has 0 atom stereocenters. The Balaban J connectivity index is 1.79. The summed E-state index contributed by atoms with van der Waals surface area (Å²) in [5.41, 5.74) is 1.44. The van der Waals surface area contributed by atoms with Crippen molar-refractivity contribution in [3.05, 3.63) is 21.9 Å². The summed E-state index contributed by atoms with van der Waals surface area (Å²) in [6, 6.07) is 2.99. The van der Waals surface area contributed by atoms with Gasteiger partial charge in [0.25, 0.3) is 0 Å². The molecule has 2 heteroatoms. The Hall–Kier alpha value is -0.340. The van der Waals surface area contributed by atoms with Gasteiger partial charge in [-0.25, -0.2) is 0 Å². The van der Waals surface area contributed by atoms with E-state index in [4.69, 9.17) is 0 Å². The van der Waals surface area contributed by atoms with Gasteiger partial charge in [-0.3, -0.25) is 0 Å². The molecule has 0 aromatic carbocycles. The molecule has 0 amide bonds. The predicted molar refractivity (Wildman–Crippen MR) is 62.8 cm³/mol. The van der Waals surface area contributed by atoms with Gasteiger partial charge in [-0.1, -0.05) is 19.3 Å². The highest BCUT2D eigenvalue weighted by Crippen LogP contribution is 2.19. The van der Waals surface area contributed by atoms with Crippen molar-refractivity contribution in [3.63, 3.8) is 0 Å². The SMILES string of the molecule is Cc1ccsc1CNC1CCCCC1. The molecule has 1 nitrogen and oxygen atoms in total. The molecule has 1 heterocycles. The molecular formula is C12H19NS. The van der Waals surface area contributed by atoms with Gasteiger partial charge in [0.05, 0.1) is 0 Å². The van der Waals surface area contributed by atoms with Crippen molar-refractivity contribution in [2.45, 2.75) is 51.6 Å². The predicted octanol–water partition coefficient (Wildman–Crippen LogP) is 3.48. The number of nitrogens with one attached hydrogen (secondary N) is 1. The zero-order valence-electron chi connectivity index (χ0n) is 8.88. The van der Waals surface area contributed by atoms with Crippen molar-refractivity contribution in [2.75, 3.05) is 0 Å². The second-order valence-corrected chi connectivity index (χ2v) is 5.24. The molecule has 1 aliphatic rings. The van der Waals surface area contributed by atoms with Crippen molar-refractivity contribution < 1.29 is 0 Å². The summed E-state index contributed by atoms with van der Waals surface area (Å²) in [6.45, 7) is 3.28. The van der Waals surface area contributed by atoms with Crippen molar-refractivity contribution in [2.24, 2.45) is 0 Å². The van der Waals surface area contributed by atoms with Gasteiger partial charge < -0.3 is 5.32 Å². The van der Waals surface area contributed by atoms with Crippen LogP contribution in [-0.2, 0) is 6.54 Å². The molecular weight excluding hydrogens is 190 g/mol. The van der Waals surface area contributed by atoms with E-state index in [-0.39, 0.29) is 0 Å². The molecule has 0 aliphatic heterocycles. The average Bonchev–Trinajstić information content (AvgIpc) is 2.63. The number of rotatable bonds is 3. The minimum Gasteiger partial charge on any atom is -0.309 e. The van der Waals surface area contributed by atoms with E-state index in [9.17, 15) is 0 Å². The van der Waals surface area contributed by atoms with Gasteiger partial charge in [0.2, 0.25) is 0 Å². The van der Waals surface area contributed by atoms with Crippen LogP contribution in [0.3, 0.4) is 0 Å². The quantitative estimate of drug-likeness (QED) is 0.803. The third-order valence-electron chi connectivity index (χ3n) is 3.12. The molecule has 1 aromatic rings. The lowest BCUT2D eigenvalue weighted by Gasteiger charge is -2.22. The molecule has 0 radical (unpaired) electrons. The monoisotopic (exact) mass is 209 g/mol. The van der Waals surface area contributed by atoms with Crippen LogP contribution in [0.2, 0.25) is 0 Å². The summed E-state index contributed by atoms with van der Waals surface area (Å²) in [6.07, 6.45) is 7.03. The summed E-state index contributed by atoms with van der Waals surface area (Å²) in [7, 11) is 0. The van der Waals surface area contributed by atoms with Crippen molar-refractivity contribution >= 4 is 11.3 Å². The van der Waals surface area contributed by atoms with E-state index < -0.39 is 0 Å². The Kier molecular flexibility index (Phi) is 3.60. The molecule has 2 rings (SSSR count). The van der Waals surface area contributed by atoms with Gasteiger partial charge in [0, 0.05) is 17.5 Å². The zero-order chi connectivity index (χ0) is 9.80. The normalized spacial score (nSPS) is 18.6.